The van der Waals surface area contributed by atoms with Crippen molar-refractivity contribution in [3.63, 3.8) is 0 Å². The molecule has 0 bridgehead atoms. The zero-order valence-electron chi connectivity index (χ0n) is 5.36. The van der Waals surface area contributed by atoms with E-state index in [-0.39, 0.29) is 6.04 Å². The van der Waals surface area contributed by atoms with E-state index in [4.69, 9.17) is 5.73 Å². The van der Waals surface area contributed by atoms with E-state index >= 15 is 0 Å². The second-order valence-electron chi connectivity index (χ2n) is 2.25. The molecule has 2 N–H and O–H groups in total. The summed E-state index contributed by atoms with van der Waals surface area (Å²) < 4.78 is 0. The first-order chi connectivity index (χ1) is 4.86. The number of rotatable bonds is 0. The van der Waals surface area contributed by atoms with E-state index in [1.807, 2.05) is 18.2 Å². The number of nitrogens with zero attached hydrogens (tertiary/aromatic N) is 2. The van der Waals surface area contributed by atoms with Crippen LogP contribution < -0.4 is 5.73 Å². The Hall–Kier alpha value is -1.22. The van der Waals surface area contributed by atoms with E-state index in [1.54, 1.807) is 6.34 Å². The Morgan fingerprint density at radius 2 is 2.40 bits per heavy atom. The third-order valence-electron chi connectivity index (χ3n) is 1.48. The van der Waals surface area contributed by atoms with Crippen LogP contribution >= 0.6 is 0 Å². The minimum Gasteiger partial charge on any atom is -0.321 e. The van der Waals surface area contributed by atoms with Crippen LogP contribution in [-0.4, -0.2) is 18.1 Å². The lowest BCUT2D eigenvalue weighted by Crippen LogP contribution is -2.18. The zero-order valence-corrected chi connectivity index (χ0v) is 5.36. The third kappa shape index (κ3) is 0.717. The minimum absolute atomic E-state index is 0.00389. The monoisotopic (exact) mass is 133 g/mol. The van der Waals surface area contributed by atoms with Crippen LogP contribution in [0.4, 0.5) is 0 Å². The maximum atomic E-state index is 5.60. The molecule has 1 heterocycles. The topological polar surface area (TPSA) is 50.7 Å². The van der Waals surface area contributed by atoms with Crippen molar-refractivity contribution in [1.29, 1.82) is 0 Å². The Labute approximate surface area is 58.7 Å². The summed E-state index contributed by atoms with van der Waals surface area (Å²) in [6, 6.07) is 0.00389. The molecule has 0 fully saturated rings. The number of hydrogen-bond donors (Lipinski definition) is 1. The van der Waals surface area contributed by atoms with Gasteiger partial charge >= 0.3 is 0 Å². The van der Waals surface area contributed by atoms with Crippen molar-refractivity contribution in [3.05, 3.63) is 23.9 Å². The van der Waals surface area contributed by atoms with Gasteiger partial charge in [-0.1, -0.05) is 6.08 Å². The van der Waals surface area contributed by atoms with Crippen LogP contribution in [0.2, 0.25) is 0 Å². The van der Waals surface area contributed by atoms with Crippen molar-refractivity contribution in [3.8, 4) is 0 Å². The van der Waals surface area contributed by atoms with E-state index in [9.17, 15) is 0 Å². The Morgan fingerprint density at radius 1 is 1.50 bits per heavy atom. The fourth-order valence-corrected chi connectivity index (χ4v) is 0.982. The van der Waals surface area contributed by atoms with Crippen LogP contribution in [0.5, 0.6) is 0 Å². The van der Waals surface area contributed by atoms with Crippen LogP contribution in [0.15, 0.2) is 33.9 Å². The predicted molar refractivity (Wildman–Crippen MR) is 41.1 cm³/mol. The molecule has 3 heteroatoms. The van der Waals surface area contributed by atoms with Crippen molar-refractivity contribution in [2.45, 2.75) is 6.04 Å². The molecule has 50 valence electrons. The van der Waals surface area contributed by atoms with Crippen LogP contribution in [0.25, 0.3) is 0 Å². The molecule has 1 aliphatic heterocycles. The molecule has 0 aromatic rings. The molecule has 0 aromatic heterocycles. The molecule has 1 atom stereocenters. The van der Waals surface area contributed by atoms with E-state index in [0.717, 1.165) is 11.4 Å². The lowest BCUT2D eigenvalue weighted by molar-refractivity contribution is 1.01. The Morgan fingerprint density at radius 3 is 3.30 bits per heavy atom. The number of fused-ring (bicyclic) bond motifs is 1. The van der Waals surface area contributed by atoms with Crippen molar-refractivity contribution < 1.29 is 0 Å². The Kier molecular flexibility index (Phi) is 1.05. The van der Waals surface area contributed by atoms with Gasteiger partial charge in [0.1, 0.15) is 6.34 Å². The van der Waals surface area contributed by atoms with Gasteiger partial charge in [-0.3, -0.25) is 0 Å². The maximum absolute atomic E-state index is 5.60. The first-order valence-electron chi connectivity index (χ1n) is 3.12. The Bertz CT molecular complexity index is 271. The predicted octanol–water partition coefficient (Wildman–Crippen LogP) is 0.250. The van der Waals surface area contributed by atoms with Gasteiger partial charge in [0.05, 0.1) is 11.4 Å². The molecule has 0 amide bonds. The average molecular weight is 133 g/mol. The number of aliphatic imine (C=N–C) groups is 2. The van der Waals surface area contributed by atoms with Gasteiger partial charge in [-0.05, 0) is 12.2 Å². The SMILES string of the molecule is NC1C=CC2=NC=NC2=C1. The second-order valence-corrected chi connectivity index (χ2v) is 2.25. The lowest BCUT2D eigenvalue weighted by Gasteiger charge is -2.06. The molecule has 10 heavy (non-hydrogen) atoms. The van der Waals surface area contributed by atoms with Crippen molar-refractivity contribution in [1.82, 2.24) is 0 Å². The molecule has 0 radical (unpaired) electrons. The number of nitrogens with two attached hydrogens (primary N) is 1. The normalized spacial score (nSPS) is 27.9. The number of allylic oxidation sites excluding steroid dienone is 1. The average Bonchev–Trinajstić information content (AvgIpc) is 2.33. The van der Waals surface area contributed by atoms with E-state index in [1.165, 1.54) is 0 Å². The first-order valence-corrected chi connectivity index (χ1v) is 3.12. The minimum atomic E-state index is 0.00389. The molecule has 1 aliphatic carbocycles. The molecule has 0 saturated heterocycles. The van der Waals surface area contributed by atoms with Crippen LogP contribution in [0, 0.1) is 0 Å². The highest BCUT2D eigenvalue weighted by Gasteiger charge is 2.11. The highest BCUT2D eigenvalue weighted by atomic mass is 15.0. The smallest absolute Gasteiger partial charge is 0.116 e. The second kappa shape index (κ2) is 1.88. The highest BCUT2D eigenvalue weighted by Crippen LogP contribution is 2.12. The molecule has 0 aromatic carbocycles. The summed E-state index contributed by atoms with van der Waals surface area (Å²) in [5, 5.41) is 0. The Balaban J connectivity index is 2.41. The van der Waals surface area contributed by atoms with E-state index in [2.05, 4.69) is 9.98 Å². The van der Waals surface area contributed by atoms with Crippen LogP contribution in [0.1, 0.15) is 0 Å². The van der Waals surface area contributed by atoms with E-state index < -0.39 is 0 Å². The summed E-state index contributed by atoms with van der Waals surface area (Å²) >= 11 is 0. The largest absolute Gasteiger partial charge is 0.321 e. The molecule has 2 rings (SSSR count). The maximum Gasteiger partial charge on any atom is 0.116 e. The van der Waals surface area contributed by atoms with Gasteiger partial charge in [0.25, 0.3) is 0 Å². The molecule has 2 aliphatic rings. The zero-order chi connectivity index (χ0) is 6.97. The fraction of sp³-hybridized carbons (Fsp3) is 0.143. The molecular weight excluding hydrogens is 126 g/mol. The molecule has 3 nitrogen and oxygen atoms in total. The first kappa shape index (κ1) is 5.56. The van der Waals surface area contributed by atoms with Gasteiger partial charge in [-0.15, -0.1) is 0 Å². The van der Waals surface area contributed by atoms with Gasteiger partial charge in [0.2, 0.25) is 0 Å². The summed E-state index contributed by atoms with van der Waals surface area (Å²) in [7, 11) is 0. The summed E-state index contributed by atoms with van der Waals surface area (Å²) in [5.41, 5.74) is 7.42. The molecule has 1 unspecified atom stereocenters. The van der Waals surface area contributed by atoms with Crippen LogP contribution in [0.3, 0.4) is 0 Å². The van der Waals surface area contributed by atoms with Gasteiger partial charge in [0, 0.05) is 6.04 Å². The van der Waals surface area contributed by atoms with Crippen molar-refractivity contribution in [2.24, 2.45) is 15.7 Å². The number of hydrogen-bond acceptors (Lipinski definition) is 3. The summed E-state index contributed by atoms with van der Waals surface area (Å²) in [4.78, 5) is 8.02. The van der Waals surface area contributed by atoms with Crippen LogP contribution in [-0.2, 0) is 0 Å². The molecule has 0 spiro atoms. The quantitative estimate of drug-likeness (QED) is 0.506. The summed E-state index contributed by atoms with van der Waals surface area (Å²) in [6.07, 6.45) is 7.23. The summed E-state index contributed by atoms with van der Waals surface area (Å²) in [6.45, 7) is 0. The fourth-order valence-electron chi connectivity index (χ4n) is 0.982. The standard InChI is InChI=1S/C7H7N3/c8-5-1-2-6-7(3-5)10-4-9-6/h1-5H,8H2. The molecule has 0 saturated carbocycles. The highest BCUT2D eigenvalue weighted by molar-refractivity contribution is 6.15. The van der Waals surface area contributed by atoms with Crippen molar-refractivity contribution in [2.75, 3.05) is 0 Å². The summed E-state index contributed by atoms with van der Waals surface area (Å²) in [5.74, 6) is 0. The van der Waals surface area contributed by atoms with Crippen molar-refractivity contribution >= 4 is 12.1 Å². The third-order valence-corrected chi connectivity index (χ3v) is 1.48. The lowest BCUT2D eigenvalue weighted by atomic mass is 10.1. The van der Waals surface area contributed by atoms with Gasteiger partial charge in [-0.25, -0.2) is 9.98 Å². The molecular formula is C7H7N3. The van der Waals surface area contributed by atoms with Gasteiger partial charge in [0.15, 0.2) is 0 Å². The van der Waals surface area contributed by atoms with E-state index in [0.29, 0.717) is 0 Å². The van der Waals surface area contributed by atoms with Gasteiger partial charge in [-0.2, -0.15) is 0 Å². The van der Waals surface area contributed by atoms with Gasteiger partial charge < -0.3 is 5.73 Å².